The predicted molar refractivity (Wildman–Crippen MR) is 113 cm³/mol. The lowest BCUT2D eigenvalue weighted by molar-refractivity contribution is 0.102. The van der Waals surface area contributed by atoms with Crippen LogP contribution in [0.1, 0.15) is 10.4 Å². The number of Topliss-reactive ketones (excluding diaryl/α,β-unsaturated/α-hetero) is 1. The summed E-state index contributed by atoms with van der Waals surface area (Å²) in [5.74, 6) is 1.02. The molecule has 0 spiro atoms. The van der Waals surface area contributed by atoms with Gasteiger partial charge in [-0.2, -0.15) is 0 Å². The molecule has 3 aromatic carbocycles. The summed E-state index contributed by atoms with van der Waals surface area (Å²) in [6.45, 7) is 0. The van der Waals surface area contributed by atoms with Crippen molar-refractivity contribution in [2.45, 2.75) is 5.16 Å². The van der Waals surface area contributed by atoms with Crippen LogP contribution in [0.4, 0.5) is 0 Å². The van der Waals surface area contributed by atoms with E-state index < -0.39 is 0 Å². The van der Waals surface area contributed by atoms with E-state index in [-0.39, 0.29) is 11.5 Å². The van der Waals surface area contributed by atoms with Crippen LogP contribution in [0.25, 0.3) is 17.1 Å². The Morgan fingerprint density at radius 2 is 1.61 bits per heavy atom. The zero-order valence-electron chi connectivity index (χ0n) is 14.8. The van der Waals surface area contributed by atoms with E-state index in [4.69, 9.17) is 11.6 Å². The highest BCUT2D eigenvalue weighted by Crippen LogP contribution is 2.29. The Hall–Kier alpha value is -2.89. The van der Waals surface area contributed by atoms with Gasteiger partial charge in [-0.15, -0.1) is 10.2 Å². The number of halogens is 1. The summed E-state index contributed by atoms with van der Waals surface area (Å²) in [4.78, 5) is 12.5. The van der Waals surface area contributed by atoms with E-state index in [0.717, 1.165) is 11.3 Å². The second kappa shape index (κ2) is 8.42. The third-order valence-corrected chi connectivity index (χ3v) is 5.32. The van der Waals surface area contributed by atoms with Gasteiger partial charge in [0.15, 0.2) is 16.8 Å². The van der Waals surface area contributed by atoms with Crippen molar-refractivity contribution in [1.29, 1.82) is 0 Å². The highest BCUT2D eigenvalue weighted by Gasteiger charge is 2.17. The fourth-order valence-corrected chi connectivity index (χ4v) is 3.86. The summed E-state index contributed by atoms with van der Waals surface area (Å²) >= 11 is 7.53. The first-order valence-electron chi connectivity index (χ1n) is 8.70. The molecule has 0 N–H and O–H groups in total. The van der Waals surface area contributed by atoms with Crippen LogP contribution in [-0.2, 0) is 0 Å². The van der Waals surface area contributed by atoms with Crippen LogP contribution in [0.15, 0.2) is 90.1 Å². The van der Waals surface area contributed by atoms with Gasteiger partial charge in [0.25, 0.3) is 0 Å². The van der Waals surface area contributed by atoms with E-state index in [0.29, 0.717) is 21.6 Å². The molecule has 28 heavy (non-hydrogen) atoms. The molecule has 4 rings (SSSR count). The van der Waals surface area contributed by atoms with Crippen LogP contribution in [-0.4, -0.2) is 26.3 Å². The summed E-state index contributed by atoms with van der Waals surface area (Å²) in [7, 11) is 0. The molecule has 1 aromatic heterocycles. The molecule has 0 fully saturated rings. The lowest BCUT2D eigenvalue weighted by atomic mass is 10.2. The standard InChI is InChI=1S/C22H16ClN3OS/c23-18-11-7-10-17(14-18)21-24-25-22(26(21)19-12-5-2-6-13-19)28-15-20(27)16-8-3-1-4-9-16/h1-14H,15H2. The van der Waals surface area contributed by atoms with Gasteiger partial charge in [-0.25, -0.2) is 0 Å². The van der Waals surface area contributed by atoms with Crippen LogP contribution in [0.2, 0.25) is 5.02 Å². The van der Waals surface area contributed by atoms with Crippen molar-refractivity contribution < 1.29 is 4.79 Å². The molecular weight excluding hydrogens is 390 g/mol. The number of para-hydroxylation sites is 1. The van der Waals surface area contributed by atoms with E-state index in [2.05, 4.69) is 10.2 Å². The Morgan fingerprint density at radius 3 is 2.32 bits per heavy atom. The number of hydrogen-bond acceptors (Lipinski definition) is 4. The Morgan fingerprint density at radius 1 is 0.893 bits per heavy atom. The number of carbonyl (C=O) groups excluding carboxylic acids is 1. The molecule has 0 aliphatic heterocycles. The summed E-state index contributed by atoms with van der Waals surface area (Å²) in [6, 6.07) is 26.6. The first-order chi connectivity index (χ1) is 13.7. The number of thioether (sulfide) groups is 1. The predicted octanol–water partition coefficient (Wildman–Crippen LogP) is 5.56. The second-order valence-electron chi connectivity index (χ2n) is 6.07. The van der Waals surface area contributed by atoms with E-state index >= 15 is 0 Å². The van der Waals surface area contributed by atoms with Crippen molar-refractivity contribution in [2.75, 3.05) is 5.75 Å². The fraction of sp³-hybridized carbons (Fsp3) is 0.0455. The van der Waals surface area contributed by atoms with E-state index in [1.165, 1.54) is 11.8 Å². The summed E-state index contributed by atoms with van der Waals surface area (Å²) < 4.78 is 1.95. The van der Waals surface area contributed by atoms with Gasteiger partial charge in [-0.3, -0.25) is 9.36 Å². The molecule has 0 saturated carbocycles. The van der Waals surface area contributed by atoms with Gasteiger partial charge in [0.05, 0.1) is 5.75 Å². The topological polar surface area (TPSA) is 47.8 Å². The number of rotatable bonds is 6. The first-order valence-corrected chi connectivity index (χ1v) is 10.1. The summed E-state index contributed by atoms with van der Waals surface area (Å²) in [6.07, 6.45) is 0. The minimum Gasteiger partial charge on any atom is -0.293 e. The molecule has 0 atom stereocenters. The average Bonchev–Trinajstić information content (AvgIpc) is 3.17. The van der Waals surface area contributed by atoms with E-state index in [1.54, 1.807) is 0 Å². The van der Waals surface area contributed by atoms with Gasteiger partial charge in [-0.1, -0.05) is 84.0 Å². The molecule has 1 heterocycles. The first kappa shape index (κ1) is 18.5. The van der Waals surface area contributed by atoms with Crippen molar-refractivity contribution in [1.82, 2.24) is 14.8 Å². The maximum absolute atomic E-state index is 12.5. The van der Waals surface area contributed by atoms with Crippen LogP contribution >= 0.6 is 23.4 Å². The molecule has 0 aliphatic carbocycles. The van der Waals surface area contributed by atoms with Gasteiger partial charge in [-0.05, 0) is 24.3 Å². The number of benzene rings is 3. The van der Waals surface area contributed by atoms with Crippen molar-refractivity contribution in [3.63, 3.8) is 0 Å². The van der Waals surface area contributed by atoms with E-state index in [1.807, 2.05) is 89.5 Å². The van der Waals surface area contributed by atoms with Gasteiger partial charge in [0.2, 0.25) is 0 Å². The maximum atomic E-state index is 12.5. The third-order valence-electron chi connectivity index (χ3n) is 4.16. The fourth-order valence-electron chi connectivity index (χ4n) is 2.83. The van der Waals surface area contributed by atoms with Crippen molar-refractivity contribution in [3.8, 4) is 17.1 Å². The smallest absolute Gasteiger partial charge is 0.196 e. The van der Waals surface area contributed by atoms with Crippen molar-refractivity contribution in [2.24, 2.45) is 0 Å². The monoisotopic (exact) mass is 405 g/mol. The van der Waals surface area contributed by atoms with Crippen molar-refractivity contribution >= 4 is 29.1 Å². The highest BCUT2D eigenvalue weighted by molar-refractivity contribution is 7.99. The van der Waals surface area contributed by atoms with Crippen LogP contribution in [0, 0.1) is 0 Å². The molecule has 6 heteroatoms. The molecule has 0 bridgehead atoms. The molecule has 0 saturated heterocycles. The normalized spacial score (nSPS) is 10.8. The minimum atomic E-state index is 0.0533. The zero-order chi connectivity index (χ0) is 19.3. The molecular formula is C22H16ClN3OS. The third kappa shape index (κ3) is 4.01. The van der Waals surface area contributed by atoms with Gasteiger partial charge >= 0.3 is 0 Å². The SMILES string of the molecule is O=C(CSc1nnc(-c2cccc(Cl)c2)n1-c1ccccc1)c1ccccc1. The van der Waals surface area contributed by atoms with Gasteiger partial charge in [0.1, 0.15) is 0 Å². The largest absolute Gasteiger partial charge is 0.293 e. The number of nitrogens with zero attached hydrogens (tertiary/aromatic N) is 3. The Bertz CT molecular complexity index is 1100. The van der Waals surface area contributed by atoms with Gasteiger partial charge in [0, 0.05) is 21.8 Å². The van der Waals surface area contributed by atoms with Gasteiger partial charge < -0.3 is 0 Å². The maximum Gasteiger partial charge on any atom is 0.196 e. The quantitative estimate of drug-likeness (QED) is 0.311. The average molecular weight is 406 g/mol. The number of hydrogen-bond donors (Lipinski definition) is 0. The van der Waals surface area contributed by atoms with Crippen LogP contribution in [0.5, 0.6) is 0 Å². The molecule has 0 radical (unpaired) electrons. The molecule has 0 unspecified atom stereocenters. The zero-order valence-corrected chi connectivity index (χ0v) is 16.4. The Kier molecular flexibility index (Phi) is 5.55. The van der Waals surface area contributed by atoms with Crippen molar-refractivity contribution in [3.05, 3.63) is 95.5 Å². The summed E-state index contributed by atoms with van der Waals surface area (Å²) in [5, 5.41) is 10.0. The lowest BCUT2D eigenvalue weighted by Crippen LogP contribution is -2.04. The number of ketones is 1. The molecule has 4 aromatic rings. The molecule has 0 amide bonds. The molecule has 0 aliphatic rings. The number of carbonyl (C=O) groups is 1. The Labute approximate surface area is 172 Å². The van der Waals surface area contributed by atoms with E-state index in [9.17, 15) is 4.79 Å². The summed E-state index contributed by atoms with van der Waals surface area (Å²) in [5.41, 5.74) is 2.48. The molecule has 138 valence electrons. The minimum absolute atomic E-state index is 0.0533. The Balaban J connectivity index is 1.69. The van der Waals surface area contributed by atoms with Crippen LogP contribution in [0.3, 0.4) is 0 Å². The highest BCUT2D eigenvalue weighted by atomic mass is 35.5. The second-order valence-corrected chi connectivity index (χ2v) is 7.44. The molecule has 4 nitrogen and oxygen atoms in total. The van der Waals surface area contributed by atoms with Crippen LogP contribution < -0.4 is 0 Å². The number of aromatic nitrogens is 3. The lowest BCUT2D eigenvalue weighted by Gasteiger charge is -2.10.